The van der Waals surface area contributed by atoms with Crippen molar-refractivity contribution in [2.75, 3.05) is 51.8 Å². The van der Waals surface area contributed by atoms with E-state index >= 15 is 0 Å². The van der Waals surface area contributed by atoms with E-state index in [0.29, 0.717) is 36.6 Å². The third-order valence-corrected chi connectivity index (χ3v) is 8.10. The number of hydrogen-bond donors (Lipinski definition) is 1. The van der Waals surface area contributed by atoms with Gasteiger partial charge in [0.25, 0.3) is 5.69 Å². The lowest BCUT2D eigenvalue weighted by molar-refractivity contribution is -0.384. The van der Waals surface area contributed by atoms with E-state index in [4.69, 9.17) is 9.47 Å². The number of carbonyl (C=O) groups excluding carboxylic acids is 3. The molecule has 4 amide bonds. The van der Waals surface area contributed by atoms with Crippen LogP contribution in [0.5, 0.6) is 11.5 Å². The van der Waals surface area contributed by atoms with Crippen molar-refractivity contribution in [3.05, 3.63) is 57.6 Å². The average Bonchev–Trinajstić information content (AvgIpc) is 2.94. The lowest BCUT2D eigenvalue weighted by Gasteiger charge is -2.55. The third kappa shape index (κ3) is 4.34. The molecule has 5 rings (SSSR count). The minimum atomic E-state index is -1.61. The van der Waals surface area contributed by atoms with Crippen LogP contribution in [-0.4, -0.2) is 85.6 Å². The van der Waals surface area contributed by atoms with Gasteiger partial charge in [-0.1, -0.05) is 13.0 Å². The van der Waals surface area contributed by atoms with Crippen LogP contribution >= 0.6 is 0 Å². The number of anilines is 1. The number of imide groups is 2. The van der Waals surface area contributed by atoms with Gasteiger partial charge >= 0.3 is 6.03 Å². The van der Waals surface area contributed by atoms with Gasteiger partial charge < -0.3 is 14.4 Å². The monoisotopic (exact) mass is 537 g/mol. The van der Waals surface area contributed by atoms with Crippen LogP contribution in [0.4, 0.5) is 16.2 Å². The highest BCUT2D eigenvalue weighted by Gasteiger charge is 2.62. The highest BCUT2D eigenvalue weighted by Crippen LogP contribution is 2.46. The Balaban J connectivity index is 1.51. The van der Waals surface area contributed by atoms with Gasteiger partial charge in [0.05, 0.1) is 25.2 Å². The summed E-state index contributed by atoms with van der Waals surface area (Å²) in [6.45, 7) is 4.52. The van der Waals surface area contributed by atoms with Gasteiger partial charge in [0.1, 0.15) is 0 Å². The largest absolute Gasteiger partial charge is 0.493 e. The average molecular weight is 538 g/mol. The first-order valence-corrected chi connectivity index (χ1v) is 12.9. The van der Waals surface area contributed by atoms with Crippen molar-refractivity contribution < 1.29 is 28.8 Å². The number of carbonyl (C=O) groups is 3. The minimum absolute atomic E-state index is 0.0342. The van der Waals surface area contributed by atoms with E-state index < -0.39 is 34.2 Å². The Morgan fingerprint density at radius 1 is 1.08 bits per heavy atom. The van der Waals surface area contributed by atoms with Crippen LogP contribution in [0.3, 0.4) is 0 Å². The summed E-state index contributed by atoms with van der Waals surface area (Å²) in [5.41, 5.74) is 0.422. The van der Waals surface area contributed by atoms with Crippen LogP contribution in [0.2, 0.25) is 0 Å². The Bertz CT molecular complexity index is 1350. The number of nitro benzene ring substituents is 1. The molecule has 3 heterocycles. The Morgan fingerprint density at radius 3 is 2.54 bits per heavy atom. The van der Waals surface area contributed by atoms with E-state index in [-0.39, 0.29) is 18.7 Å². The summed E-state index contributed by atoms with van der Waals surface area (Å²) < 4.78 is 10.7. The van der Waals surface area contributed by atoms with Crippen molar-refractivity contribution in [3.63, 3.8) is 0 Å². The topological polar surface area (TPSA) is 135 Å². The van der Waals surface area contributed by atoms with Crippen molar-refractivity contribution in [1.29, 1.82) is 0 Å². The zero-order valence-corrected chi connectivity index (χ0v) is 22.1. The molecule has 0 aromatic heterocycles. The minimum Gasteiger partial charge on any atom is -0.493 e. The number of likely N-dealkylation sites (N-methyl/N-ethyl adjacent to an activating group) is 1. The van der Waals surface area contributed by atoms with Crippen molar-refractivity contribution in [1.82, 2.24) is 15.1 Å². The first-order chi connectivity index (χ1) is 18.7. The Morgan fingerprint density at radius 2 is 1.85 bits per heavy atom. The van der Waals surface area contributed by atoms with Crippen molar-refractivity contribution >= 4 is 29.2 Å². The number of barbiturate groups is 1. The lowest BCUT2D eigenvalue weighted by atomic mass is 9.67. The molecule has 2 aromatic rings. The Hall–Kier alpha value is -4.19. The van der Waals surface area contributed by atoms with Crippen LogP contribution in [0, 0.1) is 15.5 Å². The van der Waals surface area contributed by atoms with Crippen molar-refractivity contribution in [3.8, 4) is 11.5 Å². The van der Waals surface area contributed by atoms with Crippen LogP contribution in [0.15, 0.2) is 36.4 Å². The predicted octanol–water partition coefficient (Wildman–Crippen LogP) is 1.99. The lowest BCUT2D eigenvalue weighted by Crippen LogP contribution is -2.75. The molecule has 0 aliphatic carbocycles. The summed E-state index contributed by atoms with van der Waals surface area (Å²) in [5, 5.41) is 14.0. The standard InChI is InChI=1S/C27H31N5O7/c1-4-29-11-12-30-20-7-6-19(32(36)37)14-18(20)15-27(23(30)16-29)24(33)28-26(35)31(25(27)34)10-9-17-5-8-21(38-2)22(13-17)39-3/h5-8,13-14,23H,4,9-12,15-16H2,1-3H3,(H,28,33,35)/t23-,27-/m0/s1. The molecular formula is C27H31N5O7. The fraction of sp³-hybridized carbons (Fsp3) is 0.444. The number of amides is 4. The molecule has 2 fully saturated rings. The SMILES string of the molecule is CCN1CCN2c3ccc([N+](=O)[O-])cc3C[C@@]3(C(=O)NC(=O)N(CCc4ccc(OC)c(OC)c4)C3=O)[C@@H]2C1. The molecule has 206 valence electrons. The molecule has 2 atom stereocenters. The molecule has 0 radical (unpaired) electrons. The quantitative estimate of drug-likeness (QED) is 0.320. The van der Waals surface area contributed by atoms with E-state index in [9.17, 15) is 24.5 Å². The summed E-state index contributed by atoms with van der Waals surface area (Å²) >= 11 is 0. The number of benzene rings is 2. The molecule has 0 saturated carbocycles. The molecule has 12 nitrogen and oxygen atoms in total. The molecule has 1 spiro atoms. The molecule has 0 unspecified atom stereocenters. The fourth-order valence-electron chi connectivity index (χ4n) is 6.00. The maximum atomic E-state index is 14.3. The number of non-ortho nitro benzene ring substituents is 1. The number of hydrogen-bond acceptors (Lipinski definition) is 9. The molecule has 3 aliphatic rings. The van der Waals surface area contributed by atoms with Gasteiger partial charge in [-0.25, -0.2) is 4.79 Å². The van der Waals surface area contributed by atoms with Gasteiger partial charge in [-0.05, 0) is 42.3 Å². The summed E-state index contributed by atoms with van der Waals surface area (Å²) in [6, 6.07) is 8.63. The second-order valence-electron chi connectivity index (χ2n) is 9.98. The van der Waals surface area contributed by atoms with E-state index in [2.05, 4.69) is 10.2 Å². The normalized spacial score (nSPS) is 22.8. The van der Waals surface area contributed by atoms with Crippen LogP contribution in [-0.2, 0) is 22.4 Å². The maximum Gasteiger partial charge on any atom is 0.330 e. The molecular weight excluding hydrogens is 506 g/mol. The van der Waals surface area contributed by atoms with Gasteiger partial charge in [0.15, 0.2) is 16.9 Å². The number of rotatable bonds is 7. The maximum absolute atomic E-state index is 14.3. The number of nitrogens with zero attached hydrogens (tertiary/aromatic N) is 4. The van der Waals surface area contributed by atoms with E-state index in [1.165, 1.54) is 26.4 Å². The zero-order chi connectivity index (χ0) is 27.9. The van der Waals surface area contributed by atoms with Crippen LogP contribution < -0.4 is 19.7 Å². The number of piperazine rings is 1. The predicted molar refractivity (Wildman–Crippen MR) is 141 cm³/mol. The van der Waals surface area contributed by atoms with Crippen LogP contribution in [0.1, 0.15) is 18.1 Å². The highest BCUT2D eigenvalue weighted by atomic mass is 16.6. The molecule has 3 aliphatic heterocycles. The van der Waals surface area contributed by atoms with Gasteiger partial charge in [0.2, 0.25) is 11.8 Å². The fourth-order valence-corrected chi connectivity index (χ4v) is 6.00. The van der Waals surface area contributed by atoms with E-state index in [1.54, 1.807) is 18.2 Å². The smallest absolute Gasteiger partial charge is 0.330 e. The first-order valence-electron chi connectivity index (χ1n) is 12.9. The van der Waals surface area contributed by atoms with Gasteiger partial charge in [-0.3, -0.25) is 34.8 Å². The first kappa shape index (κ1) is 26.4. The van der Waals surface area contributed by atoms with E-state index in [1.807, 2.05) is 17.9 Å². The number of methoxy groups -OCH3 is 2. The van der Waals surface area contributed by atoms with Crippen LogP contribution in [0.25, 0.3) is 0 Å². The third-order valence-electron chi connectivity index (χ3n) is 8.10. The summed E-state index contributed by atoms with van der Waals surface area (Å²) in [6.07, 6.45) is 0.300. The summed E-state index contributed by atoms with van der Waals surface area (Å²) in [4.78, 5) is 57.2. The number of ether oxygens (including phenoxy) is 2. The zero-order valence-electron chi connectivity index (χ0n) is 22.1. The number of urea groups is 1. The van der Waals surface area contributed by atoms with Crippen molar-refractivity contribution in [2.24, 2.45) is 5.41 Å². The van der Waals surface area contributed by atoms with Crippen molar-refractivity contribution in [2.45, 2.75) is 25.8 Å². The second-order valence-corrected chi connectivity index (χ2v) is 9.98. The molecule has 0 bridgehead atoms. The highest BCUT2D eigenvalue weighted by molar-refractivity contribution is 6.20. The number of nitro groups is 1. The molecule has 1 N–H and O–H groups in total. The summed E-state index contributed by atoms with van der Waals surface area (Å²) in [7, 11) is 3.06. The number of fused-ring (bicyclic) bond motifs is 4. The summed E-state index contributed by atoms with van der Waals surface area (Å²) in [5.74, 6) is -0.156. The second kappa shape index (κ2) is 10.2. The molecule has 12 heteroatoms. The molecule has 2 saturated heterocycles. The number of nitrogens with one attached hydrogen (secondary N) is 1. The van der Waals surface area contributed by atoms with Gasteiger partial charge in [-0.15, -0.1) is 0 Å². The molecule has 39 heavy (non-hydrogen) atoms. The van der Waals surface area contributed by atoms with E-state index in [0.717, 1.165) is 29.2 Å². The van der Waals surface area contributed by atoms with Gasteiger partial charge in [0, 0.05) is 50.4 Å². The van der Waals surface area contributed by atoms with Gasteiger partial charge in [-0.2, -0.15) is 0 Å². The molecule has 2 aromatic carbocycles. The Kier molecular flexibility index (Phi) is 6.89. The Labute approximate surface area is 225 Å².